The van der Waals surface area contributed by atoms with Gasteiger partial charge in [-0.15, -0.1) is 0 Å². The lowest BCUT2D eigenvalue weighted by Crippen LogP contribution is -2.14. The quantitative estimate of drug-likeness (QED) is 0.498. The van der Waals surface area contributed by atoms with Crippen LogP contribution in [0.15, 0.2) is 28.9 Å². The van der Waals surface area contributed by atoms with Gasteiger partial charge in [0.25, 0.3) is 0 Å². The summed E-state index contributed by atoms with van der Waals surface area (Å²) < 4.78 is 0. The summed E-state index contributed by atoms with van der Waals surface area (Å²) in [5.41, 5.74) is 6.29. The van der Waals surface area contributed by atoms with Gasteiger partial charge in [0.1, 0.15) is 0 Å². The number of hydrogen-bond donors (Lipinski definition) is 3. The van der Waals surface area contributed by atoms with E-state index < -0.39 is 11.9 Å². The van der Waals surface area contributed by atoms with E-state index in [1.165, 1.54) is 108 Å². The summed E-state index contributed by atoms with van der Waals surface area (Å²) in [4.78, 5) is 19.1. The first kappa shape index (κ1) is 25.9. The van der Waals surface area contributed by atoms with Crippen LogP contribution in [-0.2, 0) is 9.59 Å². The molecule has 0 aromatic carbocycles. The molecule has 0 unspecified atom stereocenters. The molecule has 170 valence electrons. The average Bonchev–Trinajstić information content (AvgIpc) is 2.82. The van der Waals surface area contributed by atoms with Gasteiger partial charge in [-0.3, -0.25) is 0 Å². The first-order chi connectivity index (χ1) is 14.6. The van der Waals surface area contributed by atoms with Gasteiger partial charge in [-0.1, -0.05) is 63.9 Å². The van der Waals surface area contributed by atoms with Crippen LogP contribution in [0.25, 0.3) is 0 Å². The molecule has 0 aromatic rings. The Morgan fingerprint density at radius 1 is 0.733 bits per heavy atom. The van der Waals surface area contributed by atoms with Gasteiger partial charge in [0.05, 0.1) is 5.71 Å². The first-order valence-electron chi connectivity index (χ1n) is 11.7. The number of carboxylic acid groups (broad SMARTS) is 2. The van der Waals surface area contributed by atoms with E-state index in [-0.39, 0.29) is 0 Å². The van der Waals surface area contributed by atoms with E-state index in [2.05, 4.69) is 11.5 Å². The Morgan fingerprint density at radius 2 is 1.23 bits per heavy atom. The van der Waals surface area contributed by atoms with Gasteiger partial charge in [-0.25, -0.2) is 9.59 Å². The van der Waals surface area contributed by atoms with Crippen LogP contribution in [0.5, 0.6) is 0 Å². The number of nitrogens with one attached hydrogen (secondary N) is 1. The molecule has 0 fully saturated rings. The molecule has 1 aliphatic heterocycles. The summed E-state index contributed by atoms with van der Waals surface area (Å²) in [6.45, 7) is 1.05. The van der Waals surface area contributed by atoms with Crippen molar-refractivity contribution in [3.8, 4) is 0 Å². The molecule has 1 heterocycles. The Kier molecular flexibility index (Phi) is 15.3. The summed E-state index contributed by atoms with van der Waals surface area (Å²) in [5, 5.41) is 20.4. The van der Waals surface area contributed by atoms with Crippen LogP contribution in [0.3, 0.4) is 0 Å². The number of rotatable bonds is 3. The Balaban J connectivity index is 0.000000479. The average molecular weight is 421 g/mol. The van der Waals surface area contributed by atoms with E-state index in [4.69, 9.17) is 15.3 Å². The number of aliphatic carboxylic acids is 2. The van der Waals surface area contributed by atoms with Crippen LogP contribution in [-0.4, -0.2) is 34.4 Å². The number of hydrazone groups is 1. The zero-order valence-corrected chi connectivity index (χ0v) is 18.4. The van der Waals surface area contributed by atoms with Crippen LogP contribution in [0.4, 0.5) is 0 Å². The second kappa shape index (κ2) is 17.7. The molecule has 0 bridgehead atoms. The van der Waals surface area contributed by atoms with Crippen molar-refractivity contribution in [2.75, 3.05) is 6.54 Å². The smallest absolute Gasteiger partial charge is 0.328 e. The second-order valence-corrected chi connectivity index (χ2v) is 8.09. The predicted octanol–water partition coefficient (Wildman–Crippen LogP) is 5.84. The number of hydrogen-bond acceptors (Lipinski definition) is 4. The third-order valence-corrected chi connectivity index (χ3v) is 5.45. The highest BCUT2D eigenvalue weighted by molar-refractivity contribution is 5.99. The molecule has 0 radical (unpaired) electrons. The zero-order chi connectivity index (χ0) is 21.9. The maximum atomic E-state index is 9.55. The third kappa shape index (κ3) is 14.8. The van der Waals surface area contributed by atoms with E-state index in [0.29, 0.717) is 12.2 Å². The minimum Gasteiger partial charge on any atom is -0.478 e. The fourth-order valence-electron chi connectivity index (χ4n) is 3.77. The van der Waals surface area contributed by atoms with Crippen molar-refractivity contribution in [3.63, 3.8) is 0 Å². The molecule has 0 aromatic heterocycles. The fraction of sp³-hybridized carbons (Fsp3) is 0.708. The summed E-state index contributed by atoms with van der Waals surface area (Å²) in [5.74, 6) is -2.51. The van der Waals surface area contributed by atoms with Crippen molar-refractivity contribution < 1.29 is 19.8 Å². The zero-order valence-electron chi connectivity index (χ0n) is 18.4. The Hall–Kier alpha value is -2.11. The fourth-order valence-corrected chi connectivity index (χ4v) is 3.77. The van der Waals surface area contributed by atoms with Gasteiger partial charge < -0.3 is 15.6 Å². The van der Waals surface area contributed by atoms with Crippen LogP contribution in [0, 0.1) is 0 Å². The van der Waals surface area contributed by atoms with Crippen molar-refractivity contribution in [1.29, 1.82) is 0 Å². The number of carboxylic acids is 2. The maximum Gasteiger partial charge on any atom is 0.328 e. The molecule has 0 spiro atoms. The van der Waals surface area contributed by atoms with E-state index in [9.17, 15) is 9.59 Å². The monoisotopic (exact) mass is 420 g/mol. The van der Waals surface area contributed by atoms with Crippen molar-refractivity contribution >= 4 is 17.7 Å². The van der Waals surface area contributed by atoms with Crippen LogP contribution in [0.2, 0.25) is 0 Å². The normalized spacial score (nSPS) is 20.1. The summed E-state index contributed by atoms with van der Waals surface area (Å²) in [6.07, 6.45) is 25.3. The van der Waals surface area contributed by atoms with Crippen molar-refractivity contribution in [1.82, 2.24) is 5.43 Å². The molecular weight excluding hydrogens is 380 g/mol. The summed E-state index contributed by atoms with van der Waals surface area (Å²) in [7, 11) is 0. The summed E-state index contributed by atoms with van der Waals surface area (Å²) >= 11 is 0. The minimum absolute atomic E-state index is 0.558. The Labute approximate surface area is 181 Å². The topological polar surface area (TPSA) is 99.0 Å². The molecular formula is C24H40N2O4. The van der Waals surface area contributed by atoms with Crippen LogP contribution in [0.1, 0.15) is 103 Å². The first-order valence-corrected chi connectivity index (χ1v) is 11.7. The van der Waals surface area contributed by atoms with Gasteiger partial charge in [0, 0.05) is 18.7 Å². The lowest BCUT2D eigenvalue weighted by Gasteiger charge is -2.12. The Morgan fingerprint density at radius 3 is 1.83 bits per heavy atom. The van der Waals surface area contributed by atoms with Gasteiger partial charge in [0.15, 0.2) is 0 Å². The molecule has 0 amide bonds. The van der Waals surface area contributed by atoms with Crippen molar-refractivity contribution in [3.05, 3.63) is 23.8 Å². The lowest BCUT2D eigenvalue weighted by molar-refractivity contribution is -0.134. The van der Waals surface area contributed by atoms with Gasteiger partial charge in [0.2, 0.25) is 0 Å². The molecule has 3 N–H and O–H groups in total. The molecule has 30 heavy (non-hydrogen) atoms. The van der Waals surface area contributed by atoms with E-state index in [0.717, 1.165) is 6.54 Å². The SMILES string of the molecule is C1=C(C2=NNCCCCCCCC2)CCCCCCCCC1.O=C(O)C=CC(=O)O. The highest BCUT2D eigenvalue weighted by Crippen LogP contribution is 2.20. The third-order valence-electron chi connectivity index (χ3n) is 5.45. The van der Waals surface area contributed by atoms with Crippen LogP contribution >= 0.6 is 0 Å². The van der Waals surface area contributed by atoms with E-state index >= 15 is 0 Å². The molecule has 6 nitrogen and oxygen atoms in total. The highest BCUT2D eigenvalue weighted by atomic mass is 16.4. The Bertz CT molecular complexity index is 532. The predicted molar refractivity (Wildman–Crippen MR) is 122 cm³/mol. The molecule has 0 saturated heterocycles. The molecule has 6 heteroatoms. The standard InChI is InChI=1S/C20H36N2.C4H4O4/c1-2-4-8-12-16-19(15-11-7-3-1)20-17-13-9-5-6-10-14-18-21-22-20;5-3(6)1-2-4(7)8/h15,21H,1-14,16-18H2;1-2H,(H,5,6)(H,7,8). The number of carbonyl (C=O) groups is 2. The van der Waals surface area contributed by atoms with E-state index in [1.807, 2.05) is 0 Å². The molecule has 2 aliphatic rings. The van der Waals surface area contributed by atoms with Crippen LogP contribution < -0.4 is 5.43 Å². The maximum absolute atomic E-state index is 9.55. The number of allylic oxidation sites excluding steroid dienone is 2. The summed E-state index contributed by atoms with van der Waals surface area (Å²) in [6, 6.07) is 0. The molecule has 1 aliphatic carbocycles. The number of nitrogens with zero attached hydrogens (tertiary/aromatic N) is 1. The molecule has 0 saturated carbocycles. The molecule has 2 rings (SSSR count). The van der Waals surface area contributed by atoms with Gasteiger partial charge in [-0.05, 0) is 50.5 Å². The highest BCUT2D eigenvalue weighted by Gasteiger charge is 2.09. The second-order valence-electron chi connectivity index (χ2n) is 8.09. The lowest BCUT2D eigenvalue weighted by atomic mass is 9.97. The van der Waals surface area contributed by atoms with Gasteiger partial charge >= 0.3 is 11.9 Å². The van der Waals surface area contributed by atoms with Gasteiger partial charge in [-0.2, -0.15) is 5.10 Å². The van der Waals surface area contributed by atoms with Crippen molar-refractivity contribution in [2.45, 2.75) is 103 Å². The van der Waals surface area contributed by atoms with Crippen molar-refractivity contribution in [2.24, 2.45) is 5.10 Å². The van der Waals surface area contributed by atoms with E-state index in [1.54, 1.807) is 5.57 Å². The molecule has 0 atom stereocenters. The minimum atomic E-state index is -1.26. The largest absolute Gasteiger partial charge is 0.478 e.